The van der Waals surface area contributed by atoms with Crippen LogP contribution < -0.4 is 0 Å². The number of benzene rings is 1. The van der Waals surface area contributed by atoms with Crippen molar-refractivity contribution in [3.8, 4) is 5.69 Å². The first kappa shape index (κ1) is 11.1. The van der Waals surface area contributed by atoms with Crippen molar-refractivity contribution in [1.82, 2.24) is 15.0 Å². The van der Waals surface area contributed by atoms with Crippen molar-refractivity contribution in [3.63, 3.8) is 0 Å². The quantitative estimate of drug-likeness (QED) is 0.872. The van der Waals surface area contributed by atoms with E-state index in [-0.39, 0.29) is 0 Å². The van der Waals surface area contributed by atoms with Crippen molar-refractivity contribution >= 4 is 11.6 Å². The van der Waals surface area contributed by atoms with Crippen molar-refractivity contribution in [2.75, 3.05) is 0 Å². The van der Waals surface area contributed by atoms with E-state index in [0.29, 0.717) is 10.7 Å². The molecule has 0 saturated heterocycles. The van der Waals surface area contributed by atoms with Crippen LogP contribution in [0.2, 0.25) is 5.02 Å². The van der Waals surface area contributed by atoms with Crippen molar-refractivity contribution in [2.24, 2.45) is 0 Å². The summed E-state index contributed by atoms with van der Waals surface area (Å²) in [6.45, 7) is 3.62. The molecule has 0 bridgehead atoms. The Kier molecular flexibility index (Phi) is 2.94. The predicted octanol–water partition coefficient (Wildman–Crippen LogP) is 2.28. The third-order valence-electron chi connectivity index (χ3n) is 2.29. The van der Waals surface area contributed by atoms with Crippen LogP contribution >= 0.6 is 11.6 Å². The van der Waals surface area contributed by atoms with Gasteiger partial charge >= 0.3 is 0 Å². The van der Waals surface area contributed by atoms with E-state index >= 15 is 0 Å². The molecule has 0 fully saturated rings. The molecular formula is C11H12ClN3O. The molecule has 1 aromatic heterocycles. The topological polar surface area (TPSA) is 50.9 Å². The highest BCUT2D eigenvalue weighted by atomic mass is 35.5. The minimum atomic E-state index is -0.627. The maximum absolute atomic E-state index is 9.36. The zero-order valence-electron chi connectivity index (χ0n) is 9.05. The molecule has 0 spiro atoms. The Hall–Kier alpha value is -1.39. The second-order valence-corrected chi connectivity index (χ2v) is 4.13. The molecule has 0 saturated carbocycles. The fourth-order valence-corrected chi connectivity index (χ4v) is 1.59. The molecule has 4 nitrogen and oxygen atoms in total. The van der Waals surface area contributed by atoms with Crippen LogP contribution in [0.25, 0.3) is 5.69 Å². The number of hydrogen-bond acceptors (Lipinski definition) is 3. The summed E-state index contributed by atoms with van der Waals surface area (Å²) < 4.78 is 1.57. The molecular weight excluding hydrogens is 226 g/mol. The molecule has 0 aliphatic heterocycles. The number of nitrogens with zero attached hydrogens (tertiary/aromatic N) is 3. The first-order valence-corrected chi connectivity index (χ1v) is 5.32. The van der Waals surface area contributed by atoms with E-state index in [9.17, 15) is 5.11 Å². The Morgan fingerprint density at radius 1 is 1.44 bits per heavy atom. The van der Waals surface area contributed by atoms with Crippen LogP contribution in [0.5, 0.6) is 0 Å². The van der Waals surface area contributed by atoms with Crippen LogP contribution in [0.15, 0.2) is 24.4 Å². The maximum Gasteiger partial charge on any atom is 0.111 e. The Labute approximate surface area is 98.5 Å². The van der Waals surface area contributed by atoms with E-state index in [1.807, 2.05) is 25.1 Å². The fourth-order valence-electron chi connectivity index (χ4n) is 1.38. The molecule has 0 aliphatic carbocycles. The summed E-state index contributed by atoms with van der Waals surface area (Å²) in [4.78, 5) is 0. The van der Waals surface area contributed by atoms with Crippen molar-refractivity contribution in [2.45, 2.75) is 20.0 Å². The zero-order valence-corrected chi connectivity index (χ0v) is 9.81. The van der Waals surface area contributed by atoms with Crippen LogP contribution in [-0.2, 0) is 0 Å². The van der Waals surface area contributed by atoms with Gasteiger partial charge < -0.3 is 5.11 Å². The van der Waals surface area contributed by atoms with Gasteiger partial charge in [-0.05, 0) is 31.5 Å². The summed E-state index contributed by atoms with van der Waals surface area (Å²) in [5.74, 6) is 0. The van der Waals surface area contributed by atoms with Crippen LogP contribution in [-0.4, -0.2) is 20.1 Å². The smallest absolute Gasteiger partial charge is 0.111 e. The molecule has 84 valence electrons. The highest BCUT2D eigenvalue weighted by Crippen LogP contribution is 2.21. The average Bonchev–Trinajstić information content (AvgIpc) is 2.70. The highest BCUT2D eigenvalue weighted by Gasteiger charge is 2.09. The Bertz CT molecular complexity index is 508. The first-order valence-electron chi connectivity index (χ1n) is 4.95. The lowest BCUT2D eigenvalue weighted by Crippen LogP contribution is -1.96. The molecule has 1 atom stereocenters. The Balaban J connectivity index is 2.46. The standard InChI is InChI=1S/C11H12ClN3O/c1-7-3-4-9(12)11(5-7)15-6-10(8(2)16)13-14-15/h3-6,8,16H,1-2H3. The summed E-state index contributed by atoms with van der Waals surface area (Å²) in [5, 5.41) is 17.8. The van der Waals surface area contributed by atoms with E-state index < -0.39 is 6.10 Å². The first-order chi connectivity index (χ1) is 7.58. The molecule has 0 radical (unpaired) electrons. The lowest BCUT2D eigenvalue weighted by atomic mass is 10.2. The summed E-state index contributed by atoms with van der Waals surface area (Å²) in [5.41, 5.74) is 2.38. The maximum atomic E-state index is 9.36. The summed E-state index contributed by atoms with van der Waals surface area (Å²) >= 11 is 6.07. The number of halogens is 1. The molecule has 1 aromatic carbocycles. The van der Waals surface area contributed by atoms with Gasteiger partial charge in [-0.3, -0.25) is 0 Å². The van der Waals surface area contributed by atoms with Gasteiger partial charge in [-0.15, -0.1) is 5.10 Å². The van der Waals surface area contributed by atoms with Gasteiger partial charge in [-0.1, -0.05) is 22.9 Å². The Morgan fingerprint density at radius 2 is 2.19 bits per heavy atom. The predicted molar refractivity (Wildman–Crippen MR) is 61.7 cm³/mol. The van der Waals surface area contributed by atoms with E-state index in [2.05, 4.69) is 10.3 Å². The Morgan fingerprint density at radius 3 is 2.81 bits per heavy atom. The SMILES string of the molecule is Cc1ccc(Cl)c(-n2cc(C(C)O)nn2)c1. The van der Waals surface area contributed by atoms with Gasteiger partial charge in [0.2, 0.25) is 0 Å². The number of hydrogen-bond donors (Lipinski definition) is 1. The van der Waals surface area contributed by atoms with Crippen molar-refractivity contribution < 1.29 is 5.11 Å². The van der Waals surface area contributed by atoms with Gasteiger partial charge in [0.15, 0.2) is 0 Å². The number of aliphatic hydroxyl groups excluding tert-OH is 1. The molecule has 16 heavy (non-hydrogen) atoms. The van der Waals surface area contributed by atoms with Crippen LogP contribution in [0.3, 0.4) is 0 Å². The van der Waals surface area contributed by atoms with Crippen molar-refractivity contribution in [1.29, 1.82) is 0 Å². The lowest BCUT2D eigenvalue weighted by Gasteiger charge is -2.04. The molecule has 1 N–H and O–H groups in total. The summed E-state index contributed by atoms with van der Waals surface area (Å²) in [6, 6.07) is 5.66. The van der Waals surface area contributed by atoms with Gasteiger partial charge in [-0.2, -0.15) is 0 Å². The van der Waals surface area contributed by atoms with Gasteiger partial charge in [0.05, 0.1) is 23.0 Å². The number of aliphatic hydroxyl groups is 1. The van der Waals surface area contributed by atoms with E-state index in [0.717, 1.165) is 11.3 Å². The van der Waals surface area contributed by atoms with Crippen LogP contribution in [0.1, 0.15) is 24.3 Å². The van der Waals surface area contributed by atoms with E-state index in [4.69, 9.17) is 11.6 Å². The lowest BCUT2D eigenvalue weighted by molar-refractivity contribution is 0.194. The monoisotopic (exact) mass is 237 g/mol. The van der Waals surface area contributed by atoms with E-state index in [1.165, 1.54) is 0 Å². The minimum absolute atomic E-state index is 0.526. The summed E-state index contributed by atoms with van der Waals surface area (Å²) in [6.07, 6.45) is 1.04. The van der Waals surface area contributed by atoms with Crippen LogP contribution in [0.4, 0.5) is 0 Å². The van der Waals surface area contributed by atoms with Crippen LogP contribution in [0, 0.1) is 6.92 Å². The van der Waals surface area contributed by atoms with Gasteiger partial charge in [0, 0.05) is 0 Å². The summed E-state index contributed by atoms with van der Waals surface area (Å²) in [7, 11) is 0. The molecule has 0 aliphatic rings. The molecule has 5 heteroatoms. The number of aryl methyl sites for hydroxylation is 1. The minimum Gasteiger partial charge on any atom is -0.387 e. The second kappa shape index (κ2) is 4.23. The fraction of sp³-hybridized carbons (Fsp3) is 0.273. The number of rotatable bonds is 2. The third-order valence-corrected chi connectivity index (χ3v) is 2.61. The molecule has 1 heterocycles. The normalized spacial score (nSPS) is 12.8. The number of aromatic nitrogens is 3. The average molecular weight is 238 g/mol. The van der Waals surface area contributed by atoms with Gasteiger partial charge in [0.1, 0.15) is 5.69 Å². The van der Waals surface area contributed by atoms with Gasteiger partial charge in [-0.25, -0.2) is 4.68 Å². The molecule has 1 unspecified atom stereocenters. The van der Waals surface area contributed by atoms with Crippen molar-refractivity contribution in [3.05, 3.63) is 40.7 Å². The molecule has 0 amide bonds. The second-order valence-electron chi connectivity index (χ2n) is 3.72. The molecule has 2 aromatic rings. The zero-order chi connectivity index (χ0) is 11.7. The van der Waals surface area contributed by atoms with Gasteiger partial charge in [0.25, 0.3) is 0 Å². The molecule has 2 rings (SSSR count). The van der Waals surface area contributed by atoms with E-state index in [1.54, 1.807) is 17.8 Å². The highest BCUT2D eigenvalue weighted by molar-refractivity contribution is 6.32. The third kappa shape index (κ3) is 2.08. The largest absolute Gasteiger partial charge is 0.387 e.